The number of nitrogens with zero attached hydrogens (tertiary/aromatic N) is 1. The summed E-state index contributed by atoms with van der Waals surface area (Å²) in [6.07, 6.45) is -0.367. The third-order valence-corrected chi connectivity index (χ3v) is 6.54. The van der Waals surface area contributed by atoms with Crippen molar-refractivity contribution >= 4 is 49.0 Å². The van der Waals surface area contributed by atoms with Crippen molar-refractivity contribution in [1.29, 1.82) is 0 Å². The van der Waals surface area contributed by atoms with Gasteiger partial charge in [-0.3, -0.25) is 9.59 Å². The minimum absolute atomic E-state index is 0.0312. The highest BCUT2D eigenvalue weighted by atomic mass is 79.9. The zero-order valence-electron chi connectivity index (χ0n) is 10.3. The van der Waals surface area contributed by atoms with Crippen molar-refractivity contribution in [3.8, 4) is 0 Å². The van der Waals surface area contributed by atoms with Crippen LogP contribution in [0.15, 0.2) is 15.9 Å². The van der Waals surface area contributed by atoms with Crippen LogP contribution in [0.1, 0.15) is 16.1 Å². The van der Waals surface area contributed by atoms with Gasteiger partial charge in [-0.2, -0.15) is 0 Å². The van der Waals surface area contributed by atoms with Crippen LogP contribution in [0.2, 0.25) is 0 Å². The highest BCUT2D eigenvalue weighted by Crippen LogP contribution is 2.27. The van der Waals surface area contributed by atoms with E-state index in [0.29, 0.717) is 9.35 Å². The highest BCUT2D eigenvalue weighted by molar-refractivity contribution is 9.10. The highest BCUT2D eigenvalue weighted by Gasteiger charge is 2.36. The van der Waals surface area contributed by atoms with Gasteiger partial charge in [0.1, 0.15) is 4.88 Å². The van der Waals surface area contributed by atoms with E-state index in [0.717, 1.165) is 0 Å². The molecule has 0 radical (unpaired) electrons. The van der Waals surface area contributed by atoms with E-state index < -0.39 is 21.8 Å². The molecule has 1 saturated heterocycles. The summed E-state index contributed by atoms with van der Waals surface area (Å²) in [7, 11) is -3.29. The Morgan fingerprint density at radius 3 is 2.75 bits per heavy atom. The Balaban J connectivity index is 2.26. The first kappa shape index (κ1) is 15.5. The number of amides is 1. The SMILES string of the molecule is O=C(O)CC1CS(=O)(=O)CCN1C(=O)c1sccc1Br. The Kier molecular flexibility index (Phi) is 4.50. The standard InChI is InChI=1S/C11H12BrNO5S2/c12-8-1-3-19-10(8)11(16)13-2-4-20(17,18)6-7(13)5-9(14)15/h1,3,7H,2,4-6H2,(H,14,15). The molecule has 110 valence electrons. The number of carboxylic acid groups (broad SMARTS) is 1. The average Bonchev–Trinajstić information content (AvgIpc) is 2.73. The van der Waals surface area contributed by atoms with Crippen LogP contribution < -0.4 is 0 Å². The van der Waals surface area contributed by atoms with Gasteiger partial charge in [0.05, 0.1) is 24.0 Å². The lowest BCUT2D eigenvalue weighted by atomic mass is 10.2. The maximum Gasteiger partial charge on any atom is 0.305 e. The Morgan fingerprint density at radius 2 is 2.20 bits per heavy atom. The molecule has 0 saturated carbocycles. The second kappa shape index (κ2) is 5.82. The van der Waals surface area contributed by atoms with Crippen LogP contribution in [0, 0.1) is 0 Å². The molecule has 1 fully saturated rings. The summed E-state index contributed by atoms with van der Waals surface area (Å²) in [5.74, 6) is -1.87. The second-order valence-corrected chi connectivity index (χ2v) is 8.46. The van der Waals surface area contributed by atoms with Crippen molar-refractivity contribution in [2.24, 2.45) is 0 Å². The van der Waals surface area contributed by atoms with Crippen LogP contribution in [0.25, 0.3) is 0 Å². The van der Waals surface area contributed by atoms with Gasteiger partial charge in [0.15, 0.2) is 9.84 Å². The molecule has 0 bridgehead atoms. The van der Waals surface area contributed by atoms with Gasteiger partial charge in [0.25, 0.3) is 5.91 Å². The molecule has 1 aromatic heterocycles. The number of carboxylic acids is 1. The van der Waals surface area contributed by atoms with Crippen LogP contribution in [0.4, 0.5) is 0 Å². The molecule has 20 heavy (non-hydrogen) atoms. The molecule has 1 unspecified atom stereocenters. The predicted molar refractivity (Wildman–Crippen MR) is 77.8 cm³/mol. The van der Waals surface area contributed by atoms with Crippen LogP contribution in [0.5, 0.6) is 0 Å². The van der Waals surface area contributed by atoms with Gasteiger partial charge < -0.3 is 10.0 Å². The number of rotatable bonds is 3. The first-order chi connectivity index (χ1) is 9.30. The molecular weight excluding hydrogens is 370 g/mol. The third-order valence-electron chi connectivity index (χ3n) is 3.01. The molecule has 0 spiro atoms. The molecule has 1 atom stereocenters. The summed E-state index contributed by atoms with van der Waals surface area (Å²) >= 11 is 4.49. The number of carbonyl (C=O) groups is 2. The number of thiophene rings is 1. The Hall–Kier alpha value is -0.930. The van der Waals surface area contributed by atoms with Gasteiger partial charge in [-0.05, 0) is 27.4 Å². The smallest absolute Gasteiger partial charge is 0.305 e. The average molecular weight is 382 g/mol. The van der Waals surface area contributed by atoms with Crippen molar-refractivity contribution < 1.29 is 23.1 Å². The molecule has 6 nitrogen and oxygen atoms in total. The first-order valence-electron chi connectivity index (χ1n) is 5.76. The zero-order valence-corrected chi connectivity index (χ0v) is 13.5. The molecular formula is C11H12BrNO5S2. The minimum atomic E-state index is -3.29. The molecule has 1 amide bonds. The summed E-state index contributed by atoms with van der Waals surface area (Å²) in [4.78, 5) is 25.1. The zero-order chi connectivity index (χ0) is 14.9. The Morgan fingerprint density at radius 1 is 1.50 bits per heavy atom. The molecule has 1 aliphatic heterocycles. The van der Waals surface area contributed by atoms with E-state index in [9.17, 15) is 18.0 Å². The monoisotopic (exact) mass is 381 g/mol. The van der Waals surface area contributed by atoms with Gasteiger partial charge in [0.2, 0.25) is 0 Å². The molecule has 2 rings (SSSR count). The van der Waals surface area contributed by atoms with Gasteiger partial charge in [0, 0.05) is 11.0 Å². The van der Waals surface area contributed by atoms with Crippen molar-refractivity contribution in [3.05, 3.63) is 20.8 Å². The summed E-state index contributed by atoms with van der Waals surface area (Å²) in [5, 5.41) is 10.6. The summed E-state index contributed by atoms with van der Waals surface area (Å²) < 4.78 is 23.9. The lowest BCUT2D eigenvalue weighted by Gasteiger charge is -2.34. The maximum absolute atomic E-state index is 12.4. The lowest BCUT2D eigenvalue weighted by molar-refractivity contribution is -0.138. The summed E-state index contributed by atoms with van der Waals surface area (Å²) in [6.45, 7) is 0.0312. The van der Waals surface area contributed by atoms with E-state index in [2.05, 4.69) is 15.9 Å². The van der Waals surface area contributed by atoms with Gasteiger partial charge >= 0.3 is 5.97 Å². The second-order valence-electron chi connectivity index (χ2n) is 4.46. The van der Waals surface area contributed by atoms with Crippen molar-refractivity contribution in [3.63, 3.8) is 0 Å². The third kappa shape index (κ3) is 3.39. The minimum Gasteiger partial charge on any atom is -0.481 e. The fourth-order valence-corrected chi connectivity index (χ4v) is 5.12. The molecule has 1 aromatic rings. The van der Waals surface area contributed by atoms with E-state index in [-0.39, 0.29) is 30.4 Å². The molecule has 1 N–H and O–H groups in total. The van der Waals surface area contributed by atoms with Gasteiger partial charge in [-0.25, -0.2) is 8.42 Å². The topological polar surface area (TPSA) is 91.8 Å². The number of halogens is 1. The number of hydrogen-bond acceptors (Lipinski definition) is 5. The largest absolute Gasteiger partial charge is 0.481 e. The van der Waals surface area contributed by atoms with E-state index >= 15 is 0 Å². The molecule has 0 aliphatic carbocycles. The van der Waals surface area contributed by atoms with Crippen molar-refractivity contribution in [2.45, 2.75) is 12.5 Å². The van der Waals surface area contributed by atoms with Crippen molar-refractivity contribution in [2.75, 3.05) is 18.1 Å². The van der Waals surface area contributed by atoms with Crippen molar-refractivity contribution in [1.82, 2.24) is 4.90 Å². The fraction of sp³-hybridized carbons (Fsp3) is 0.455. The number of sulfone groups is 1. The maximum atomic E-state index is 12.4. The Labute approximate surface area is 128 Å². The number of hydrogen-bond donors (Lipinski definition) is 1. The van der Waals surface area contributed by atoms with Crippen LogP contribution in [-0.4, -0.2) is 54.4 Å². The predicted octanol–water partition coefficient (Wildman–Crippen LogP) is 1.22. The fourth-order valence-electron chi connectivity index (χ4n) is 2.10. The molecule has 9 heteroatoms. The van der Waals surface area contributed by atoms with Crippen LogP contribution in [-0.2, 0) is 14.6 Å². The van der Waals surface area contributed by atoms with E-state index in [1.807, 2.05) is 0 Å². The Bertz CT molecular complexity index is 639. The van der Waals surface area contributed by atoms with E-state index in [4.69, 9.17) is 5.11 Å². The number of aliphatic carboxylic acids is 1. The normalized spacial score (nSPS) is 21.6. The lowest BCUT2D eigenvalue weighted by Crippen LogP contribution is -2.51. The summed E-state index contributed by atoms with van der Waals surface area (Å²) in [5.41, 5.74) is 0. The molecule has 0 aromatic carbocycles. The quantitative estimate of drug-likeness (QED) is 0.849. The van der Waals surface area contributed by atoms with E-state index in [1.165, 1.54) is 16.2 Å². The molecule has 2 heterocycles. The molecule has 1 aliphatic rings. The van der Waals surface area contributed by atoms with Gasteiger partial charge in [-0.15, -0.1) is 11.3 Å². The van der Waals surface area contributed by atoms with Crippen LogP contribution >= 0.6 is 27.3 Å². The van der Waals surface area contributed by atoms with Crippen LogP contribution in [0.3, 0.4) is 0 Å². The van der Waals surface area contributed by atoms with Gasteiger partial charge in [-0.1, -0.05) is 0 Å². The van der Waals surface area contributed by atoms with E-state index in [1.54, 1.807) is 11.4 Å². The summed E-state index contributed by atoms with van der Waals surface area (Å²) in [6, 6.07) is 0.915. The first-order valence-corrected chi connectivity index (χ1v) is 9.26. The number of carbonyl (C=O) groups excluding carboxylic acids is 1.